The van der Waals surface area contributed by atoms with E-state index in [2.05, 4.69) is 10.4 Å². The van der Waals surface area contributed by atoms with Gasteiger partial charge >= 0.3 is 18.1 Å². The van der Waals surface area contributed by atoms with Crippen LogP contribution < -0.4 is 11.1 Å². The Morgan fingerprint density at radius 3 is 2.38 bits per heavy atom. The molecule has 18 heteroatoms. The van der Waals surface area contributed by atoms with E-state index in [0.29, 0.717) is 35.2 Å². The van der Waals surface area contributed by atoms with E-state index in [1.54, 1.807) is 55.3 Å². The number of carboxylic acid groups (broad SMARTS) is 1. The van der Waals surface area contributed by atoms with Crippen LogP contribution in [0.2, 0.25) is 0 Å². The van der Waals surface area contributed by atoms with Gasteiger partial charge in [-0.25, -0.2) is 4.79 Å². The summed E-state index contributed by atoms with van der Waals surface area (Å²) < 4.78 is 38.2. The third-order valence-corrected chi connectivity index (χ3v) is 7.03. The zero-order valence-electron chi connectivity index (χ0n) is 25.7. The van der Waals surface area contributed by atoms with Gasteiger partial charge in [0, 0.05) is 61.0 Å². The van der Waals surface area contributed by atoms with Gasteiger partial charge in [0.25, 0.3) is 11.6 Å². The number of amides is 2. The molecule has 1 aliphatic rings. The second kappa shape index (κ2) is 15.7. The highest BCUT2D eigenvalue weighted by atomic mass is 19.4. The molecule has 0 bridgehead atoms. The van der Waals surface area contributed by atoms with Crippen LogP contribution in [0.1, 0.15) is 45.2 Å². The number of nitrogens with two attached hydrogens (primary N) is 1. The lowest BCUT2D eigenvalue weighted by Crippen LogP contribution is -2.51. The zero-order chi connectivity index (χ0) is 35.8. The SMILES string of the molecule is CCOC(=O)Cn1cc2c(n1)CCN(C(=O)[C@H](Cc1ccc([N+](=O)[O-])cc1)NC(=O)c1ccc(C(=N)N)cc1C)C2.O=C(O)C(F)(F)F. The number of carboxylic acids is 1. The van der Waals surface area contributed by atoms with Crippen molar-refractivity contribution in [1.82, 2.24) is 20.0 Å². The van der Waals surface area contributed by atoms with Crippen molar-refractivity contribution in [1.29, 1.82) is 5.41 Å². The third kappa shape index (κ3) is 9.84. The highest BCUT2D eigenvalue weighted by molar-refractivity contribution is 6.01. The molecule has 0 saturated heterocycles. The highest BCUT2D eigenvalue weighted by Crippen LogP contribution is 2.21. The lowest BCUT2D eigenvalue weighted by atomic mass is 10.0. The topological polar surface area (TPSA) is 224 Å². The molecule has 1 atom stereocenters. The van der Waals surface area contributed by atoms with Gasteiger partial charge in [0.05, 0.1) is 17.2 Å². The molecule has 5 N–H and O–H groups in total. The van der Waals surface area contributed by atoms with Gasteiger partial charge in [0.15, 0.2) is 0 Å². The van der Waals surface area contributed by atoms with Crippen molar-refractivity contribution < 1.29 is 47.1 Å². The molecule has 0 spiro atoms. The minimum Gasteiger partial charge on any atom is -0.475 e. The van der Waals surface area contributed by atoms with Crippen LogP contribution in [0.15, 0.2) is 48.7 Å². The van der Waals surface area contributed by atoms with Crippen molar-refractivity contribution in [3.8, 4) is 0 Å². The molecule has 2 aromatic carbocycles. The number of esters is 1. The van der Waals surface area contributed by atoms with Crippen LogP contribution in [0.3, 0.4) is 0 Å². The van der Waals surface area contributed by atoms with Crippen LogP contribution in [-0.4, -0.2) is 79.7 Å². The van der Waals surface area contributed by atoms with E-state index < -0.39 is 35.0 Å². The van der Waals surface area contributed by atoms with Crippen LogP contribution in [0.25, 0.3) is 0 Å². The van der Waals surface area contributed by atoms with Gasteiger partial charge in [-0.15, -0.1) is 0 Å². The fraction of sp³-hybridized carbons (Fsp3) is 0.333. The molecule has 256 valence electrons. The number of nitro benzene ring substituents is 1. The fourth-order valence-electron chi connectivity index (χ4n) is 4.71. The molecular formula is C30H32F3N7O8. The number of nitrogens with zero attached hydrogens (tertiary/aromatic N) is 4. The van der Waals surface area contributed by atoms with Gasteiger partial charge in [-0.1, -0.05) is 18.2 Å². The van der Waals surface area contributed by atoms with Crippen molar-refractivity contribution >= 4 is 35.3 Å². The zero-order valence-corrected chi connectivity index (χ0v) is 25.7. The summed E-state index contributed by atoms with van der Waals surface area (Å²) in [5.74, 6) is -4.08. The third-order valence-electron chi connectivity index (χ3n) is 7.03. The van der Waals surface area contributed by atoms with Gasteiger partial charge in [-0.2, -0.15) is 18.3 Å². The van der Waals surface area contributed by atoms with Crippen molar-refractivity contribution in [3.05, 3.63) is 92.3 Å². The van der Waals surface area contributed by atoms with E-state index in [1.165, 1.54) is 16.8 Å². The van der Waals surface area contributed by atoms with Gasteiger partial charge < -0.3 is 25.8 Å². The Bertz CT molecular complexity index is 1710. The first kappa shape index (κ1) is 36.7. The van der Waals surface area contributed by atoms with Gasteiger partial charge in [0.1, 0.15) is 18.4 Å². The average Bonchev–Trinajstić information content (AvgIpc) is 3.41. The number of nitrogens with one attached hydrogen (secondary N) is 2. The summed E-state index contributed by atoms with van der Waals surface area (Å²) in [5.41, 5.74) is 9.10. The second-order valence-electron chi connectivity index (χ2n) is 10.5. The van der Waals surface area contributed by atoms with Crippen LogP contribution in [0, 0.1) is 22.4 Å². The highest BCUT2D eigenvalue weighted by Gasteiger charge is 2.38. The first-order valence-corrected chi connectivity index (χ1v) is 14.3. The summed E-state index contributed by atoms with van der Waals surface area (Å²) in [7, 11) is 0. The number of aliphatic carboxylic acids is 1. The van der Waals surface area contributed by atoms with E-state index in [1.807, 2.05) is 0 Å². The number of halogens is 3. The number of alkyl halides is 3. The monoisotopic (exact) mass is 675 g/mol. The number of ether oxygens (including phenoxy) is 1. The largest absolute Gasteiger partial charge is 0.490 e. The lowest BCUT2D eigenvalue weighted by Gasteiger charge is -2.30. The first-order chi connectivity index (χ1) is 22.5. The number of carbonyl (C=O) groups excluding carboxylic acids is 3. The Morgan fingerprint density at radius 1 is 1.19 bits per heavy atom. The summed E-state index contributed by atoms with van der Waals surface area (Å²) in [6.07, 6.45) is -2.78. The fourth-order valence-corrected chi connectivity index (χ4v) is 4.71. The Kier molecular flexibility index (Phi) is 12.0. The molecule has 15 nitrogen and oxygen atoms in total. The van der Waals surface area contributed by atoms with Crippen LogP contribution in [0.5, 0.6) is 0 Å². The van der Waals surface area contributed by atoms with Crippen LogP contribution in [-0.2, 0) is 45.1 Å². The van der Waals surface area contributed by atoms with Crippen molar-refractivity contribution in [2.75, 3.05) is 13.2 Å². The maximum absolute atomic E-state index is 13.8. The Labute approximate surface area is 271 Å². The van der Waals surface area contributed by atoms with E-state index in [0.717, 1.165) is 11.3 Å². The quantitative estimate of drug-likeness (QED) is 0.0808. The molecule has 0 radical (unpaired) electrons. The molecule has 3 aromatic rings. The number of aryl methyl sites for hydroxylation is 1. The normalized spacial score (nSPS) is 12.9. The number of rotatable bonds is 10. The molecule has 0 saturated carbocycles. The maximum atomic E-state index is 13.8. The summed E-state index contributed by atoms with van der Waals surface area (Å²) in [6.45, 7) is 4.29. The Balaban J connectivity index is 0.000000804. The molecule has 4 rings (SSSR count). The Morgan fingerprint density at radius 2 is 1.83 bits per heavy atom. The Hall–Kier alpha value is -5.81. The van der Waals surface area contributed by atoms with Crippen LogP contribution >= 0.6 is 0 Å². The molecule has 48 heavy (non-hydrogen) atoms. The molecule has 1 aliphatic heterocycles. The lowest BCUT2D eigenvalue weighted by molar-refractivity contribution is -0.384. The predicted molar refractivity (Wildman–Crippen MR) is 162 cm³/mol. The number of fused-ring (bicyclic) bond motifs is 1. The van der Waals surface area contributed by atoms with E-state index >= 15 is 0 Å². The first-order valence-electron chi connectivity index (χ1n) is 14.3. The van der Waals surface area contributed by atoms with Crippen molar-refractivity contribution in [2.45, 2.75) is 52.0 Å². The summed E-state index contributed by atoms with van der Waals surface area (Å²) in [4.78, 5) is 60.1. The van der Waals surface area contributed by atoms with E-state index in [4.69, 9.17) is 25.8 Å². The number of aromatic nitrogens is 2. The molecule has 1 aromatic heterocycles. The summed E-state index contributed by atoms with van der Waals surface area (Å²) in [5, 5.41) is 33.1. The van der Waals surface area contributed by atoms with E-state index in [-0.39, 0.29) is 43.5 Å². The minimum absolute atomic E-state index is 0.0324. The number of nitrogen functional groups attached to an aromatic ring is 1. The summed E-state index contributed by atoms with van der Waals surface area (Å²) in [6, 6.07) is 9.62. The van der Waals surface area contributed by atoms with Crippen LogP contribution in [0.4, 0.5) is 18.9 Å². The number of benzene rings is 2. The molecule has 2 heterocycles. The van der Waals surface area contributed by atoms with E-state index in [9.17, 15) is 37.7 Å². The van der Waals surface area contributed by atoms with Crippen molar-refractivity contribution in [3.63, 3.8) is 0 Å². The van der Waals surface area contributed by atoms with Gasteiger partial charge in [0.2, 0.25) is 5.91 Å². The molecule has 0 unspecified atom stereocenters. The second-order valence-corrected chi connectivity index (χ2v) is 10.5. The number of carbonyl (C=O) groups is 4. The number of hydrogen-bond acceptors (Lipinski definition) is 9. The molecular weight excluding hydrogens is 643 g/mol. The maximum Gasteiger partial charge on any atom is 0.490 e. The number of non-ortho nitro benzene ring substituents is 1. The molecule has 2 amide bonds. The predicted octanol–water partition coefficient (Wildman–Crippen LogP) is 2.51. The van der Waals surface area contributed by atoms with Gasteiger partial charge in [-0.05, 0) is 37.1 Å². The standard InChI is InChI=1S/C28H31N7O6.C2HF3O2/c1-3-41-25(36)16-34-15-20-14-33(11-10-23(20)32-34)28(38)24(13-18-4-7-21(8-5-18)35(39)40)31-27(37)22-9-6-19(26(29)30)12-17(22)2;3-2(4,5)1(6)7/h4-9,12,15,24H,3,10-11,13-14,16H2,1-2H3,(H3,29,30)(H,31,37);(H,6,7)/t24-;/m0./s1. The van der Waals surface area contributed by atoms with Gasteiger partial charge in [-0.3, -0.25) is 34.6 Å². The summed E-state index contributed by atoms with van der Waals surface area (Å²) >= 11 is 0. The van der Waals surface area contributed by atoms with Crippen molar-refractivity contribution in [2.24, 2.45) is 5.73 Å². The minimum atomic E-state index is -5.08. The average molecular weight is 676 g/mol. The molecule has 0 fully saturated rings. The smallest absolute Gasteiger partial charge is 0.475 e. The molecule has 0 aliphatic carbocycles. The number of nitro groups is 1. The number of hydrogen-bond donors (Lipinski definition) is 4. The number of amidine groups is 1.